The van der Waals surface area contributed by atoms with Crippen molar-refractivity contribution in [3.05, 3.63) is 70.5 Å². The second kappa shape index (κ2) is 6.84. The molecule has 25 heavy (non-hydrogen) atoms. The molecule has 130 valence electrons. The molecule has 1 aliphatic rings. The summed E-state index contributed by atoms with van der Waals surface area (Å²) in [6, 6.07) is 13.5. The molecule has 1 fully saturated rings. The van der Waals surface area contributed by atoms with Gasteiger partial charge in [-0.3, -0.25) is 9.69 Å². The van der Waals surface area contributed by atoms with E-state index in [4.69, 9.17) is 11.6 Å². The molecule has 1 saturated heterocycles. The summed E-state index contributed by atoms with van der Waals surface area (Å²) < 4.78 is 14.0. The summed E-state index contributed by atoms with van der Waals surface area (Å²) in [4.78, 5) is 26.1. The standard InChI is InChI=1S/C19H18ClFN2O2/c1-19(11-10-13-6-3-2-4-7-13)17(24)23(18(25)22-19)12-14-15(20)8-5-9-16(14)21/h2-9H,10-12H2,1H3,(H,22,25). The van der Waals surface area contributed by atoms with Gasteiger partial charge in [0.1, 0.15) is 11.4 Å². The largest absolute Gasteiger partial charge is 0.325 e. The molecule has 0 aromatic heterocycles. The molecular weight excluding hydrogens is 343 g/mol. The Balaban J connectivity index is 1.75. The first-order chi connectivity index (χ1) is 11.9. The molecule has 2 aromatic rings. The lowest BCUT2D eigenvalue weighted by atomic mass is 9.93. The van der Waals surface area contributed by atoms with Crippen molar-refractivity contribution in [1.29, 1.82) is 0 Å². The van der Waals surface area contributed by atoms with Gasteiger partial charge >= 0.3 is 6.03 Å². The van der Waals surface area contributed by atoms with Crippen molar-refractivity contribution < 1.29 is 14.0 Å². The van der Waals surface area contributed by atoms with Gasteiger partial charge in [-0.05, 0) is 37.5 Å². The van der Waals surface area contributed by atoms with E-state index in [9.17, 15) is 14.0 Å². The molecule has 0 bridgehead atoms. The summed E-state index contributed by atoms with van der Waals surface area (Å²) >= 11 is 6.01. The Morgan fingerprint density at radius 3 is 2.52 bits per heavy atom. The van der Waals surface area contributed by atoms with Crippen LogP contribution in [0.15, 0.2) is 48.5 Å². The number of amides is 3. The van der Waals surface area contributed by atoms with Gasteiger partial charge in [0.25, 0.3) is 5.91 Å². The van der Waals surface area contributed by atoms with Crippen LogP contribution in [0.5, 0.6) is 0 Å². The van der Waals surface area contributed by atoms with Crippen molar-refractivity contribution in [2.45, 2.75) is 31.8 Å². The number of carbonyl (C=O) groups excluding carboxylic acids is 2. The Bertz CT molecular complexity index is 792. The molecular formula is C19H18ClFN2O2. The third-order valence-electron chi connectivity index (χ3n) is 4.48. The summed E-state index contributed by atoms with van der Waals surface area (Å²) in [6.07, 6.45) is 1.11. The smallest absolute Gasteiger partial charge is 0.323 e. The van der Waals surface area contributed by atoms with E-state index in [0.29, 0.717) is 12.8 Å². The quantitative estimate of drug-likeness (QED) is 0.821. The van der Waals surface area contributed by atoms with Crippen LogP contribution in [-0.4, -0.2) is 22.4 Å². The van der Waals surface area contributed by atoms with Crippen molar-refractivity contribution in [2.24, 2.45) is 0 Å². The van der Waals surface area contributed by atoms with E-state index < -0.39 is 17.4 Å². The number of rotatable bonds is 5. The Labute approximate surface area is 150 Å². The van der Waals surface area contributed by atoms with Gasteiger partial charge in [-0.2, -0.15) is 0 Å². The van der Waals surface area contributed by atoms with Crippen molar-refractivity contribution >= 4 is 23.5 Å². The van der Waals surface area contributed by atoms with Crippen LogP contribution in [0.25, 0.3) is 0 Å². The Morgan fingerprint density at radius 1 is 1.12 bits per heavy atom. The van der Waals surface area contributed by atoms with Crippen molar-refractivity contribution in [2.75, 3.05) is 0 Å². The van der Waals surface area contributed by atoms with Gasteiger partial charge in [0, 0.05) is 10.6 Å². The highest BCUT2D eigenvalue weighted by molar-refractivity contribution is 6.31. The maximum Gasteiger partial charge on any atom is 0.325 e. The third kappa shape index (κ3) is 3.51. The number of benzene rings is 2. The zero-order valence-electron chi connectivity index (χ0n) is 13.8. The molecule has 0 aliphatic carbocycles. The highest BCUT2D eigenvalue weighted by Crippen LogP contribution is 2.27. The molecule has 1 aliphatic heterocycles. The molecule has 0 saturated carbocycles. The van der Waals surface area contributed by atoms with E-state index in [0.717, 1.165) is 10.5 Å². The van der Waals surface area contributed by atoms with E-state index in [-0.39, 0.29) is 23.0 Å². The lowest BCUT2D eigenvalue weighted by Gasteiger charge is -2.22. The molecule has 1 unspecified atom stereocenters. The predicted molar refractivity (Wildman–Crippen MR) is 93.7 cm³/mol. The molecule has 1 N–H and O–H groups in total. The van der Waals surface area contributed by atoms with E-state index in [1.165, 1.54) is 18.2 Å². The number of aryl methyl sites for hydroxylation is 1. The zero-order chi connectivity index (χ0) is 18.0. The topological polar surface area (TPSA) is 49.4 Å². The number of imide groups is 1. The molecule has 0 spiro atoms. The van der Waals surface area contributed by atoms with Gasteiger partial charge in [-0.25, -0.2) is 9.18 Å². The third-order valence-corrected chi connectivity index (χ3v) is 4.83. The highest BCUT2D eigenvalue weighted by atomic mass is 35.5. The number of carbonyl (C=O) groups is 2. The van der Waals surface area contributed by atoms with Crippen molar-refractivity contribution in [3.8, 4) is 0 Å². The average Bonchev–Trinajstić information content (AvgIpc) is 2.80. The van der Waals surface area contributed by atoms with Gasteiger partial charge in [-0.15, -0.1) is 0 Å². The number of nitrogens with one attached hydrogen (secondary N) is 1. The summed E-state index contributed by atoms with van der Waals surface area (Å²) in [5.74, 6) is -0.904. The first-order valence-corrected chi connectivity index (χ1v) is 8.39. The summed E-state index contributed by atoms with van der Waals surface area (Å²) in [6.45, 7) is 1.51. The molecule has 0 radical (unpaired) electrons. The average molecular weight is 361 g/mol. The molecule has 1 heterocycles. The second-order valence-corrected chi connectivity index (χ2v) is 6.75. The van der Waals surface area contributed by atoms with Crippen LogP contribution >= 0.6 is 11.6 Å². The fourth-order valence-corrected chi connectivity index (χ4v) is 3.16. The summed E-state index contributed by atoms with van der Waals surface area (Å²) in [5, 5.41) is 2.92. The van der Waals surface area contributed by atoms with Gasteiger partial charge in [0.05, 0.1) is 6.54 Å². The monoisotopic (exact) mass is 360 g/mol. The Morgan fingerprint density at radius 2 is 1.84 bits per heavy atom. The van der Waals surface area contributed by atoms with Gasteiger partial charge < -0.3 is 5.32 Å². The van der Waals surface area contributed by atoms with Crippen LogP contribution in [0.4, 0.5) is 9.18 Å². The van der Waals surface area contributed by atoms with Gasteiger partial charge in [0.2, 0.25) is 0 Å². The van der Waals surface area contributed by atoms with E-state index in [1.54, 1.807) is 6.92 Å². The fraction of sp³-hybridized carbons (Fsp3) is 0.263. The number of nitrogens with zero attached hydrogens (tertiary/aromatic N) is 1. The van der Waals surface area contributed by atoms with E-state index in [1.807, 2.05) is 30.3 Å². The van der Waals surface area contributed by atoms with Crippen LogP contribution in [0.3, 0.4) is 0 Å². The zero-order valence-corrected chi connectivity index (χ0v) is 14.5. The van der Waals surface area contributed by atoms with Crippen LogP contribution in [0, 0.1) is 5.82 Å². The molecule has 3 amide bonds. The predicted octanol–water partition coefficient (Wildman–Crippen LogP) is 3.92. The lowest BCUT2D eigenvalue weighted by molar-refractivity contribution is -0.131. The van der Waals surface area contributed by atoms with E-state index >= 15 is 0 Å². The lowest BCUT2D eigenvalue weighted by Crippen LogP contribution is -2.44. The first-order valence-electron chi connectivity index (χ1n) is 8.02. The Hall–Kier alpha value is -2.40. The minimum Gasteiger partial charge on any atom is -0.323 e. The maximum atomic E-state index is 14.0. The number of hydrogen-bond acceptors (Lipinski definition) is 2. The van der Waals surface area contributed by atoms with Crippen LogP contribution < -0.4 is 5.32 Å². The minimum atomic E-state index is -1.01. The van der Waals surface area contributed by atoms with Gasteiger partial charge in [-0.1, -0.05) is 48.0 Å². The fourth-order valence-electron chi connectivity index (χ4n) is 2.94. The molecule has 1 atom stereocenters. The summed E-state index contributed by atoms with van der Waals surface area (Å²) in [5.41, 5.74) is 0.214. The molecule has 3 rings (SSSR count). The van der Waals surface area contributed by atoms with Crippen molar-refractivity contribution in [1.82, 2.24) is 10.2 Å². The van der Waals surface area contributed by atoms with Crippen LogP contribution in [0.1, 0.15) is 24.5 Å². The number of halogens is 2. The SMILES string of the molecule is CC1(CCc2ccccc2)NC(=O)N(Cc2c(F)cccc2Cl)C1=O. The molecule has 2 aromatic carbocycles. The maximum absolute atomic E-state index is 14.0. The van der Waals surface area contributed by atoms with Gasteiger partial charge in [0.15, 0.2) is 0 Å². The van der Waals surface area contributed by atoms with Crippen LogP contribution in [0.2, 0.25) is 5.02 Å². The highest BCUT2D eigenvalue weighted by Gasteiger charge is 2.47. The molecule has 4 nitrogen and oxygen atoms in total. The summed E-state index contributed by atoms with van der Waals surface area (Å²) in [7, 11) is 0. The second-order valence-electron chi connectivity index (χ2n) is 6.34. The van der Waals surface area contributed by atoms with Crippen molar-refractivity contribution in [3.63, 3.8) is 0 Å². The normalized spacial score (nSPS) is 20.0. The van der Waals surface area contributed by atoms with E-state index in [2.05, 4.69) is 5.32 Å². The number of urea groups is 1. The molecule has 6 heteroatoms. The number of hydrogen-bond donors (Lipinski definition) is 1. The first kappa shape index (κ1) is 17.4. The van der Waals surface area contributed by atoms with Crippen LogP contribution in [-0.2, 0) is 17.8 Å². The minimum absolute atomic E-state index is 0.139. The Kier molecular flexibility index (Phi) is 4.77.